The Bertz CT molecular complexity index is 1350. The second-order valence-electron chi connectivity index (χ2n) is 7.30. The van der Waals surface area contributed by atoms with Crippen LogP contribution in [0.5, 0.6) is 5.75 Å². The zero-order chi connectivity index (χ0) is 22.7. The molecule has 0 aliphatic heterocycles. The fourth-order valence-electron chi connectivity index (χ4n) is 3.48. The molecule has 0 bridgehead atoms. The smallest absolute Gasteiger partial charge is 0.412 e. The van der Waals surface area contributed by atoms with Gasteiger partial charge in [0.2, 0.25) is 0 Å². The Morgan fingerprint density at radius 2 is 1.88 bits per heavy atom. The summed E-state index contributed by atoms with van der Waals surface area (Å²) in [5, 5.41) is 3.00. The summed E-state index contributed by atoms with van der Waals surface area (Å²) < 4.78 is 16.5. The molecule has 0 atom stereocenters. The Labute approximate surface area is 184 Å². The normalized spacial score (nSPS) is 10.7. The predicted molar refractivity (Wildman–Crippen MR) is 122 cm³/mol. The number of nitrogens with one attached hydrogen (secondary N) is 1. The van der Waals surface area contributed by atoms with Gasteiger partial charge in [-0.1, -0.05) is 30.3 Å². The maximum atomic E-state index is 12.6. The van der Waals surface area contributed by atoms with Crippen LogP contribution in [-0.4, -0.2) is 18.2 Å². The molecule has 1 N–H and O–H groups in total. The van der Waals surface area contributed by atoms with Crippen LogP contribution < -0.4 is 15.5 Å². The van der Waals surface area contributed by atoms with Crippen molar-refractivity contribution in [3.63, 3.8) is 0 Å². The van der Waals surface area contributed by atoms with Gasteiger partial charge in [0.05, 0.1) is 18.2 Å². The van der Waals surface area contributed by atoms with Crippen molar-refractivity contribution < 1.29 is 18.7 Å². The van der Waals surface area contributed by atoms with Gasteiger partial charge in [-0.15, -0.1) is 0 Å². The lowest BCUT2D eigenvalue weighted by molar-refractivity contribution is 0.153. The average molecular weight is 430 g/mol. The van der Waals surface area contributed by atoms with Crippen LogP contribution in [0.4, 0.5) is 10.5 Å². The van der Waals surface area contributed by atoms with Gasteiger partial charge in [-0.05, 0) is 32.0 Å². The molecule has 2 aromatic carbocycles. The standard InChI is InChI=1S/C25H22N2O5/c1-15-13-26-20(16(2)24(15)30-3)14-31-25(29)27-18-9-10-22-19(11-18)21(28)12-23(32-22)17-7-5-4-6-8-17/h4-13H,14H2,1-3H3,(H,27,29). The second kappa shape index (κ2) is 8.93. The van der Waals surface area contributed by atoms with E-state index in [-0.39, 0.29) is 12.0 Å². The van der Waals surface area contributed by atoms with Gasteiger partial charge < -0.3 is 13.9 Å². The number of hydrogen-bond donors (Lipinski definition) is 1. The highest BCUT2D eigenvalue weighted by molar-refractivity contribution is 5.89. The van der Waals surface area contributed by atoms with Crippen LogP contribution in [0, 0.1) is 13.8 Å². The van der Waals surface area contributed by atoms with E-state index in [0.717, 1.165) is 22.4 Å². The number of carbonyl (C=O) groups excluding carboxylic acids is 1. The first-order valence-corrected chi connectivity index (χ1v) is 10.0. The van der Waals surface area contributed by atoms with E-state index in [4.69, 9.17) is 13.9 Å². The first kappa shape index (κ1) is 21.1. The molecular weight excluding hydrogens is 408 g/mol. The van der Waals surface area contributed by atoms with E-state index >= 15 is 0 Å². The number of nitrogens with zero attached hydrogens (tertiary/aromatic N) is 1. The molecule has 4 rings (SSSR count). The van der Waals surface area contributed by atoms with Crippen molar-refractivity contribution in [3.05, 3.63) is 87.8 Å². The monoisotopic (exact) mass is 430 g/mol. The number of ether oxygens (including phenoxy) is 2. The van der Waals surface area contributed by atoms with E-state index < -0.39 is 6.09 Å². The molecule has 7 heteroatoms. The van der Waals surface area contributed by atoms with E-state index in [9.17, 15) is 9.59 Å². The first-order valence-electron chi connectivity index (χ1n) is 10.0. The van der Waals surface area contributed by atoms with E-state index in [2.05, 4.69) is 10.3 Å². The zero-order valence-corrected chi connectivity index (χ0v) is 18.0. The number of carbonyl (C=O) groups is 1. The number of anilines is 1. The molecule has 32 heavy (non-hydrogen) atoms. The molecular formula is C25H22N2O5. The lowest BCUT2D eigenvalue weighted by atomic mass is 10.1. The summed E-state index contributed by atoms with van der Waals surface area (Å²) in [6.45, 7) is 3.75. The molecule has 7 nitrogen and oxygen atoms in total. The van der Waals surface area contributed by atoms with Gasteiger partial charge >= 0.3 is 6.09 Å². The summed E-state index contributed by atoms with van der Waals surface area (Å²) in [7, 11) is 1.59. The van der Waals surface area contributed by atoms with Crippen LogP contribution in [-0.2, 0) is 11.3 Å². The number of aromatic nitrogens is 1. The molecule has 1 amide bonds. The third-order valence-electron chi connectivity index (χ3n) is 5.12. The largest absolute Gasteiger partial charge is 0.496 e. The lowest BCUT2D eigenvalue weighted by Gasteiger charge is -2.13. The number of hydrogen-bond acceptors (Lipinski definition) is 6. The van der Waals surface area contributed by atoms with E-state index in [0.29, 0.717) is 28.1 Å². The molecule has 0 saturated carbocycles. The Morgan fingerprint density at radius 3 is 2.62 bits per heavy atom. The number of rotatable bonds is 5. The van der Waals surface area contributed by atoms with Gasteiger partial charge in [0.1, 0.15) is 23.7 Å². The summed E-state index contributed by atoms with van der Waals surface area (Å²) in [4.78, 5) is 29.2. The lowest BCUT2D eigenvalue weighted by Crippen LogP contribution is -2.15. The Hall–Kier alpha value is -4.13. The number of aryl methyl sites for hydroxylation is 1. The van der Waals surface area contributed by atoms with Crippen molar-refractivity contribution in [2.75, 3.05) is 12.4 Å². The minimum atomic E-state index is -0.657. The maximum absolute atomic E-state index is 12.6. The minimum Gasteiger partial charge on any atom is -0.496 e. The summed E-state index contributed by atoms with van der Waals surface area (Å²) in [6.07, 6.45) is 1.02. The van der Waals surface area contributed by atoms with Gasteiger partial charge in [0.15, 0.2) is 5.43 Å². The van der Waals surface area contributed by atoms with Crippen molar-refractivity contribution in [1.29, 1.82) is 0 Å². The van der Waals surface area contributed by atoms with Crippen LogP contribution in [0.3, 0.4) is 0 Å². The average Bonchev–Trinajstić information content (AvgIpc) is 2.80. The number of pyridine rings is 1. The number of fused-ring (bicyclic) bond motifs is 1. The zero-order valence-electron chi connectivity index (χ0n) is 18.0. The van der Waals surface area contributed by atoms with Gasteiger partial charge in [0.25, 0.3) is 0 Å². The van der Waals surface area contributed by atoms with Crippen LogP contribution >= 0.6 is 0 Å². The summed E-state index contributed by atoms with van der Waals surface area (Å²) in [5.41, 5.74) is 3.80. The molecule has 0 fully saturated rings. The van der Waals surface area contributed by atoms with E-state index in [1.807, 2.05) is 44.2 Å². The number of amides is 1. The molecule has 2 aromatic heterocycles. The molecule has 0 spiro atoms. The van der Waals surface area contributed by atoms with Gasteiger partial charge in [-0.3, -0.25) is 15.1 Å². The summed E-state index contributed by atoms with van der Waals surface area (Å²) >= 11 is 0. The first-order chi connectivity index (χ1) is 15.5. The molecule has 0 aliphatic rings. The van der Waals surface area contributed by atoms with E-state index in [1.165, 1.54) is 6.07 Å². The summed E-state index contributed by atoms with van der Waals surface area (Å²) in [5.74, 6) is 1.20. The third kappa shape index (κ3) is 4.32. The van der Waals surface area contributed by atoms with Crippen LogP contribution in [0.2, 0.25) is 0 Å². The molecule has 0 radical (unpaired) electrons. The van der Waals surface area contributed by atoms with Crippen molar-refractivity contribution in [2.45, 2.75) is 20.5 Å². The van der Waals surface area contributed by atoms with Crippen molar-refractivity contribution in [3.8, 4) is 17.1 Å². The summed E-state index contributed by atoms with van der Waals surface area (Å²) in [6, 6.07) is 15.7. The van der Waals surface area contributed by atoms with Gasteiger partial charge in [-0.2, -0.15) is 0 Å². The molecule has 0 aliphatic carbocycles. The topological polar surface area (TPSA) is 90.7 Å². The highest BCUT2D eigenvalue weighted by atomic mass is 16.5. The molecule has 0 saturated heterocycles. The van der Waals surface area contributed by atoms with Gasteiger partial charge in [-0.25, -0.2) is 4.79 Å². The third-order valence-corrected chi connectivity index (χ3v) is 5.12. The Balaban J connectivity index is 1.49. The highest BCUT2D eigenvalue weighted by Gasteiger charge is 2.13. The van der Waals surface area contributed by atoms with Crippen LogP contribution in [0.15, 0.2) is 70.0 Å². The van der Waals surface area contributed by atoms with Crippen LogP contribution in [0.25, 0.3) is 22.3 Å². The number of methoxy groups -OCH3 is 1. The molecule has 4 aromatic rings. The predicted octanol–water partition coefficient (Wildman–Crippen LogP) is 5.23. The minimum absolute atomic E-state index is 0.00946. The van der Waals surface area contributed by atoms with Crippen molar-refractivity contribution in [1.82, 2.24) is 4.98 Å². The molecule has 0 unspecified atom stereocenters. The van der Waals surface area contributed by atoms with Crippen molar-refractivity contribution in [2.24, 2.45) is 0 Å². The Morgan fingerprint density at radius 1 is 1.09 bits per heavy atom. The quantitative estimate of drug-likeness (QED) is 0.466. The van der Waals surface area contributed by atoms with E-state index in [1.54, 1.807) is 31.5 Å². The fraction of sp³-hybridized carbons (Fsp3) is 0.160. The number of benzene rings is 2. The van der Waals surface area contributed by atoms with Crippen molar-refractivity contribution >= 4 is 22.7 Å². The Kier molecular flexibility index (Phi) is 5.89. The maximum Gasteiger partial charge on any atom is 0.412 e. The van der Waals surface area contributed by atoms with Gasteiger partial charge in [0, 0.05) is 34.6 Å². The highest BCUT2D eigenvalue weighted by Crippen LogP contribution is 2.25. The molecule has 162 valence electrons. The van der Waals surface area contributed by atoms with Crippen LogP contribution in [0.1, 0.15) is 16.8 Å². The molecule has 2 heterocycles. The SMILES string of the molecule is COc1c(C)cnc(COC(=O)Nc2ccc3oc(-c4ccccc4)cc(=O)c3c2)c1C. The second-order valence-corrected chi connectivity index (χ2v) is 7.30. The fourth-order valence-corrected chi connectivity index (χ4v) is 3.48.